The van der Waals surface area contributed by atoms with Crippen LogP contribution in [0.1, 0.15) is 5.82 Å². The number of halogens is 1. The molecule has 0 radical (unpaired) electrons. The maximum absolute atomic E-state index is 5.32. The largest absolute Gasteiger partial charge is 1.00 e. The highest BCUT2D eigenvalue weighted by atomic mass is 79.9. The molecule has 0 spiro atoms. The Bertz CT molecular complexity index is 238. The molecular formula is C3H6BrN4S-. The molecule has 6 heteroatoms. The highest BCUT2D eigenvalue weighted by molar-refractivity contribution is 7.71. The first-order valence-electron chi connectivity index (χ1n) is 2.11. The van der Waals surface area contributed by atoms with Crippen molar-refractivity contribution in [2.45, 2.75) is 6.92 Å². The Labute approximate surface area is 67.8 Å². The van der Waals surface area contributed by atoms with Gasteiger partial charge >= 0.3 is 0 Å². The monoisotopic (exact) mass is 209 g/mol. The lowest BCUT2D eigenvalue weighted by atomic mass is 10.7. The van der Waals surface area contributed by atoms with Crippen LogP contribution in [0.4, 0.5) is 0 Å². The average Bonchev–Trinajstić information content (AvgIpc) is 1.98. The minimum Gasteiger partial charge on any atom is -1.00 e. The smallest absolute Gasteiger partial charge is 0.214 e. The molecule has 52 valence electrons. The molecule has 3 N–H and O–H groups in total. The van der Waals surface area contributed by atoms with E-state index in [-0.39, 0.29) is 17.0 Å². The summed E-state index contributed by atoms with van der Waals surface area (Å²) in [5.74, 6) is 6.01. The second kappa shape index (κ2) is 2.98. The number of nitrogens with two attached hydrogens (primary N) is 1. The van der Waals surface area contributed by atoms with E-state index in [2.05, 4.69) is 10.2 Å². The van der Waals surface area contributed by atoms with Gasteiger partial charge in [-0.05, 0) is 19.1 Å². The van der Waals surface area contributed by atoms with Crippen molar-refractivity contribution in [3.8, 4) is 0 Å². The van der Waals surface area contributed by atoms with Crippen molar-refractivity contribution >= 4 is 12.2 Å². The van der Waals surface area contributed by atoms with Crippen LogP contribution in [-0.2, 0) is 0 Å². The molecule has 1 heterocycles. The highest BCUT2D eigenvalue weighted by Crippen LogP contribution is 1.85. The third kappa shape index (κ3) is 1.52. The first kappa shape index (κ1) is 8.64. The Kier molecular flexibility index (Phi) is 2.86. The first-order valence-corrected chi connectivity index (χ1v) is 2.51. The number of nitrogens with one attached hydrogen (secondary N) is 1. The topological polar surface area (TPSA) is 59.6 Å². The minimum atomic E-state index is 0. The summed E-state index contributed by atoms with van der Waals surface area (Å²) in [6.07, 6.45) is 0. The first-order chi connectivity index (χ1) is 3.72. The van der Waals surface area contributed by atoms with E-state index in [9.17, 15) is 0 Å². The standard InChI is InChI=1S/C3H6N4S.BrH/c1-2-5-6-3(8)7(2)4;/h4H2,1H3,(H,6,8);1H/p-1. The van der Waals surface area contributed by atoms with Gasteiger partial charge < -0.3 is 22.8 Å². The van der Waals surface area contributed by atoms with Gasteiger partial charge in [0, 0.05) is 0 Å². The Hall–Kier alpha value is -0.360. The molecule has 0 aliphatic rings. The van der Waals surface area contributed by atoms with E-state index >= 15 is 0 Å². The van der Waals surface area contributed by atoms with Crippen LogP contribution in [0.3, 0.4) is 0 Å². The summed E-state index contributed by atoms with van der Waals surface area (Å²) in [5.41, 5.74) is 0. The molecule has 0 saturated carbocycles. The van der Waals surface area contributed by atoms with Gasteiger partial charge in [0.2, 0.25) is 4.77 Å². The number of hydrogen-bond donors (Lipinski definition) is 2. The third-order valence-corrected chi connectivity index (χ3v) is 1.17. The van der Waals surface area contributed by atoms with Crippen LogP contribution in [0.15, 0.2) is 0 Å². The van der Waals surface area contributed by atoms with E-state index in [0.29, 0.717) is 10.6 Å². The summed E-state index contributed by atoms with van der Waals surface area (Å²) in [6.45, 7) is 1.77. The van der Waals surface area contributed by atoms with E-state index in [4.69, 9.17) is 18.1 Å². The Morgan fingerprint density at radius 2 is 2.33 bits per heavy atom. The Morgan fingerprint density at radius 3 is 2.44 bits per heavy atom. The lowest BCUT2D eigenvalue weighted by molar-refractivity contribution is -0.00000183. The van der Waals surface area contributed by atoms with E-state index < -0.39 is 0 Å². The number of H-pyrrole nitrogens is 1. The number of rotatable bonds is 0. The fraction of sp³-hybridized carbons (Fsp3) is 0.333. The molecule has 4 nitrogen and oxygen atoms in total. The second-order valence-electron chi connectivity index (χ2n) is 1.45. The molecule has 1 rings (SSSR count). The van der Waals surface area contributed by atoms with Crippen molar-refractivity contribution in [2.24, 2.45) is 0 Å². The lowest BCUT2D eigenvalue weighted by Crippen LogP contribution is -3.00. The van der Waals surface area contributed by atoms with Crippen LogP contribution in [0, 0.1) is 11.7 Å². The van der Waals surface area contributed by atoms with Crippen LogP contribution in [0.25, 0.3) is 0 Å². The van der Waals surface area contributed by atoms with Gasteiger partial charge in [-0.3, -0.25) is 5.10 Å². The molecule has 9 heavy (non-hydrogen) atoms. The number of aryl methyl sites for hydroxylation is 1. The fourth-order valence-electron chi connectivity index (χ4n) is 0.383. The van der Waals surface area contributed by atoms with Crippen LogP contribution in [0.5, 0.6) is 0 Å². The van der Waals surface area contributed by atoms with Gasteiger partial charge in [0.05, 0.1) is 0 Å². The van der Waals surface area contributed by atoms with Gasteiger partial charge in [0.15, 0.2) is 0 Å². The van der Waals surface area contributed by atoms with Crippen molar-refractivity contribution in [1.82, 2.24) is 14.9 Å². The summed E-state index contributed by atoms with van der Waals surface area (Å²) < 4.78 is 1.76. The van der Waals surface area contributed by atoms with Crippen molar-refractivity contribution in [3.63, 3.8) is 0 Å². The number of aromatic amines is 1. The van der Waals surface area contributed by atoms with Crippen molar-refractivity contribution in [1.29, 1.82) is 0 Å². The maximum Gasteiger partial charge on any atom is 0.214 e. The average molecular weight is 210 g/mol. The quantitative estimate of drug-likeness (QED) is 0.353. The van der Waals surface area contributed by atoms with Gasteiger partial charge in [0.25, 0.3) is 0 Å². The molecule has 0 bridgehead atoms. The van der Waals surface area contributed by atoms with E-state index in [1.165, 1.54) is 4.68 Å². The van der Waals surface area contributed by atoms with E-state index in [1.807, 2.05) is 0 Å². The number of nitrogen functional groups attached to an aromatic ring is 1. The summed E-state index contributed by atoms with van der Waals surface area (Å²) in [7, 11) is 0. The van der Waals surface area contributed by atoms with Crippen LogP contribution in [0.2, 0.25) is 0 Å². The Morgan fingerprint density at radius 1 is 1.78 bits per heavy atom. The molecule has 0 aromatic carbocycles. The summed E-state index contributed by atoms with van der Waals surface area (Å²) in [5, 5.41) is 6.26. The fourth-order valence-corrected chi connectivity index (χ4v) is 0.561. The molecule has 0 aliphatic heterocycles. The zero-order chi connectivity index (χ0) is 6.15. The minimum absolute atomic E-state index is 0. The third-order valence-electron chi connectivity index (χ3n) is 0.881. The van der Waals surface area contributed by atoms with Crippen LogP contribution in [-0.4, -0.2) is 14.9 Å². The molecule has 0 unspecified atom stereocenters. The predicted octanol–water partition coefficient (Wildman–Crippen LogP) is -3.03. The predicted molar refractivity (Wildman–Crippen MR) is 32.3 cm³/mol. The van der Waals surface area contributed by atoms with Gasteiger partial charge in [-0.2, -0.15) is 5.10 Å². The normalized spacial score (nSPS) is 8.56. The van der Waals surface area contributed by atoms with Crippen LogP contribution < -0.4 is 22.8 Å². The summed E-state index contributed by atoms with van der Waals surface area (Å²) in [4.78, 5) is 0. The van der Waals surface area contributed by atoms with Crippen molar-refractivity contribution in [3.05, 3.63) is 10.6 Å². The molecule has 0 saturated heterocycles. The number of hydrogen-bond acceptors (Lipinski definition) is 3. The lowest BCUT2D eigenvalue weighted by Gasteiger charge is -1.86. The zero-order valence-electron chi connectivity index (χ0n) is 4.76. The molecule has 1 aromatic rings. The molecule has 0 amide bonds. The molecule has 0 atom stereocenters. The maximum atomic E-state index is 5.32. The van der Waals surface area contributed by atoms with Crippen molar-refractivity contribution < 1.29 is 17.0 Å². The van der Waals surface area contributed by atoms with E-state index in [0.717, 1.165) is 0 Å². The number of aromatic nitrogens is 3. The molecule has 1 aromatic heterocycles. The molecule has 0 fully saturated rings. The highest BCUT2D eigenvalue weighted by Gasteiger charge is 1.90. The molecular weight excluding hydrogens is 204 g/mol. The van der Waals surface area contributed by atoms with E-state index in [1.54, 1.807) is 6.92 Å². The van der Waals surface area contributed by atoms with Crippen molar-refractivity contribution in [2.75, 3.05) is 5.84 Å². The zero-order valence-corrected chi connectivity index (χ0v) is 7.16. The van der Waals surface area contributed by atoms with Gasteiger partial charge in [-0.1, -0.05) is 0 Å². The van der Waals surface area contributed by atoms with Crippen LogP contribution >= 0.6 is 12.2 Å². The SMILES string of the molecule is Cc1n[nH]c(=S)n1N.[Br-]. The van der Waals surface area contributed by atoms with Gasteiger partial charge in [-0.25, -0.2) is 4.68 Å². The van der Waals surface area contributed by atoms with Gasteiger partial charge in [0.1, 0.15) is 5.82 Å². The van der Waals surface area contributed by atoms with Gasteiger partial charge in [-0.15, -0.1) is 0 Å². The number of nitrogens with zero attached hydrogens (tertiary/aromatic N) is 2. The summed E-state index contributed by atoms with van der Waals surface area (Å²) in [6, 6.07) is 0. The molecule has 0 aliphatic carbocycles. The Balaban J connectivity index is 0.000000640. The second-order valence-corrected chi connectivity index (χ2v) is 1.83. The summed E-state index contributed by atoms with van der Waals surface area (Å²) >= 11 is 4.69.